The number of carbonyl (C=O) groups is 1. The number of ether oxygens (including phenoxy) is 1. The lowest BCUT2D eigenvalue weighted by Crippen LogP contribution is -2.43. The zero-order valence-corrected chi connectivity index (χ0v) is 19.6. The van der Waals surface area contributed by atoms with Crippen LogP contribution in [0.4, 0.5) is 0 Å². The van der Waals surface area contributed by atoms with Crippen LogP contribution in [0.1, 0.15) is 49.8 Å². The van der Waals surface area contributed by atoms with Crippen LogP contribution in [0, 0.1) is 12.8 Å². The summed E-state index contributed by atoms with van der Waals surface area (Å²) in [5, 5.41) is 9.49. The number of amides is 1. The predicted molar refractivity (Wildman–Crippen MR) is 125 cm³/mol. The van der Waals surface area contributed by atoms with Crippen LogP contribution in [0.15, 0.2) is 29.3 Å². The second-order valence-corrected chi connectivity index (χ2v) is 7.08. The molecular formula is C21H35IN4O2. The normalized spacial score (nSPS) is 19.5. The van der Waals surface area contributed by atoms with Gasteiger partial charge in [0.05, 0.1) is 6.10 Å². The van der Waals surface area contributed by atoms with Crippen LogP contribution in [0.2, 0.25) is 0 Å². The average molecular weight is 502 g/mol. The van der Waals surface area contributed by atoms with Crippen molar-refractivity contribution in [2.75, 3.05) is 33.3 Å². The van der Waals surface area contributed by atoms with Gasteiger partial charge in [-0.1, -0.05) is 36.8 Å². The first-order chi connectivity index (χ1) is 13.1. The fraction of sp³-hybridized carbons (Fsp3) is 0.619. The molecule has 0 bridgehead atoms. The Kier molecular flexibility index (Phi) is 12.1. The third-order valence-electron chi connectivity index (χ3n) is 4.82. The molecule has 0 saturated carbocycles. The first-order valence-corrected chi connectivity index (χ1v) is 10.0. The molecule has 0 aromatic heterocycles. The monoisotopic (exact) mass is 502 g/mol. The van der Waals surface area contributed by atoms with Gasteiger partial charge in [-0.25, -0.2) is 0 Å². The van der Waals surface area contributed by atoms with E-state index in [1.807, 2.05) is 6.92 Å². The second kappa shape index (κ2) is 13.8. The highest BCUT2D eigenvalue weighted by atomic mass is 127. The summed E-state index contributed by atoms with van der Waals surface area (Å²) in [6.45, 7) is 7.05. The Morgan fingerprint density at radius 3 is 2.61 bits per heavy atom. The molecule has 0 aliphatic carbocycles. The van der Waals surface area contributed by atoms with Crippen LogP contribution in [0.5, 0.6) is 0 Å². The van der Waals surface area contributed by atoms with Crippen LogP contribution < -0.4 is 16.0 Å². The first-order valence-electron chi connectivity index (χ1n) is 10.0. The van der Waals surface area contributed by atoms with E-state index in [-0.39, 0.29) is 36.0 Å². The van der Waals surface area contributed by atoms with E-state index in [2.05, 4.69) is 52.1 Å². The molecule has 1 aromatic rings. The number of hydrogen-bond donors (Lipinski definition) is 3. The number of carbonyl (C=O) groups excluding carboxylic acids is 1. The molecule has 3 N–H and O–H groups in total. The van der Waals surface area contributed by atoms with Crippen LogP contribution in [-0.4, -0.2) is 45.2 Å². The van der Waals surface area contributed by atoms with Gasteiger partial charge in [-0.3, -0.25) is 9.79 Å². The minimum absolute atomic E-state index is 0. The molecule has 1 aliphatic rings. The zero-order chi connectivity index (χ0) is 19.5. The van der Waals surface area contributed by atoms with Gasteiger partial charge in [0.25, 0.3) is 0 Å². The van der Waals surface area contributed by atoms with Crippen molar-refractivity contribution in [3.05, 3.63) is 35.4 Å². The number of aliphatic imine (C=N–C) groups is 1. The van der Waals surface area contributed by atoms with Crippen LogP contribution in [0.3, 0.4) is 0 Å². The van der Waals surface area contributed by atoms with Gasteiger partial charge in [-0.05, 0) is 31.7 Å². The van der Waals surface area contributed by atoms with Gasteiger partial charge in [0.1, 0.15) is 0 Å². The van der Waals surface area contributed by atoms with Crippen molar-refractivity contribution in [2.24, 2.45) is 10.9 Å². The number of nitrogens with zero attached hydrogens (tertiary/aromatic N) is 1. The van der Waals surface area contributed by atoms with Crippen molar-refractivity contribution in [2.45, 2.75) is 45.6 Å². The predicted octanol–water partition coefficient (Wildman–Crippen LogP) is 3.16. The number of aryl methyl sites for hydroxylation is 1. The molecule has 0 radical (unpaired) electrons. The van der Waals surface area contributed by atoms with Crippen molar-refractivity contribution >= 4 is 35.8 Å². The lowest BCUT2D eigenvalue weighted by Gasteiger charge is -2.32. The Morgan fingerprint density at radius 1 is 1.18 bits per heavy atom. The molecule has 158 valence electrons. The summed E-state index contributed by atoms with van der Waals surface area (Å²) >= 11 is 0. The van der Waals surface area contributed by atoms with Crippen molar-refractivity contribution < 1.29 is 9.53 Å². The summed E-state index contributed by atoms with van der Waals surface area (Å²) in [6.07, 6.45) is 3.72. The fourth-order valence-electron chi connectivity index (χ4n) is 3.27. The van der Waals surface area contributed by atoms with Gasteiger partial charge >= 0.3 is 0 Å². The SMILES string of the molecule is CCCNC(=O)CCNC(=NC)NCC1CCCOC1c1ccc(C)cc1.I. The van der Waals surface area contributed by atoms with Crippen molar-refractivity contribution in [1.82, 2.24) is 16.0 Å². The molecule has 1 fully saturated rings. The molecule has 2 atom stereocenters. The van der Waals surface area contributed by atoms with Crippen molar-refractivity contribution in [3.63, 3.8) is 0 Å². The smallest absolute Gasteiger partial charge is 0.221 e. The van der Waals surface area contributed by atoms with E-state index in [0.29, 0.717) is 18.9 Å². The van der Waals surface area contributed by atoms with Gasteiger partial charge in [0.2, 0.25) is 5.91 Å². The van der Waals surface area contributed by atoms with Gasteiger partial charge in [-0.15, -0.1) is 24.0 Å². The molecule has 2 unspecified atom stereocenters. The Labute approximate surface area is 186 Å². The molecule has 1 aliphatic heterocycles. The van der Waals surface area contributed by atoms with E-state index in [9.17, 15) is 4.79 Å². The molecule has 1 amide bonds. The average Bonchev–Trinajstić information content (AvgIpc) is 2.70. The maximum Gasteiger partial charge on any atom is 0.221 e. The number of hydrogen-bond acceptors (Lipinski definition) is 3. The second-order valence-electron chi connectivity index (χ2n) is 7.08. The lowest BCUT2D eigenvalue weighted by molar-refractivity contribution is -0.120. The maximum atomic E-state index is 11.7. The Morgan fingerprint density at radius 2 is 1.93 bits per heavy atom. The van der Waals surface area contributed by atoms with Gasteiger partial charge in [-0.2, -0.15) is 0 Å². The van der Waals surface area contributed by atoms with E-state index < -0.39 is 0 Å². The summed E-state index contributed by atoms with van der Waals surface area (Å²) in [5.41, 5.74) is 2.50. The van der Waals surface area contributed by atoms with E-state index in [0.717, 1.165) is 44.9 Å². The summed E-state index contributed by atoms with van der Waals surface area (Å²) in [5.74, 6) is 1.19. The Bertz CT molecular complexity index is 607. The third kappa shape index (κ3) is 8.34. The maximum absolute atomic E-state index is 11.7. The summed E-state index contributed by atoms with van der Waals surface area (Å²) in [4.78, 5) is 15.9. The summed E-state index contributed by atoms with van der Waals surface area (Å²) in [6, 6.07) is 8.62. The Hall–Kier alpha value is -1.35. The molecule has 1 heterocycles. The zero-order valence-electron chi connectivity index (χ0n) is 17.3. The van der Waals surface area contributed by atoms with Gasteiger partial charge in [0.15, 0.2) is 5.96 Å². The molecule has 2 rings (SSSR count). The molecule has 7 heteroatoms. The molecular weight excluding hydrogens is 467 g/mol. The van der Waals surface area contributed by atoms with Gasteiger partial charge in [0, 0.05) is 45.6 Å². The van der Waals surface area contributed by atoms with Crippen molar-refractivity contribution in [1.29, 1.82) is 0 Å². The summed E-state index contributed by atoms with van der Waals surface area (Å²) < 4.78 is 6.08. The highest BCUT2D eigenvalue weighted by Crippen LogP contribution is 2.33. The largest absolute Gasteiger partial charge is 0.373 e. The number of halogens is 1. The third-order valence-corrected chi connectivity index (χ3v) is 4.82. The van der Waals surface area contributed by atoms with Crippen LogP contribution >= 0.6 is 24.0 Å². The highest BCUT2D eigenvalue weighted by Gasteiger charge is 2.27. The van der Waals surface area contributed by atoms with Crippen molar-refractivity contribution in [3.8, 4) is 0 Å². The summed E-state index contributed by atoms with van der Waals surface area (Å²) in [7, 11) is 1.75. The first kappa shape index (κ1) is 24.7. The van der Waals surface area contributed by atoms with E-state index in [4.69, 9.17) is 4.74 Å². The lowest BCUT2D eigenvalue weighted by atomic mass is 9.89. The fourth-order valence-corrected chi connectivity index (χ4v) is 3.27. The minimum atomic E-state index is 0. The van der Waals surface area contributed by atoms with E-state index >= 15 is 0 Å². The standard InChI is InChI=1S/C21H34N4O2.HI/c1-4-12-23-19(26)11-13-24-21(22-3)25-15-18-6-5-14-27-20(18)17-9-7-16(2)8-10-17;/h7-10,18,20H,4-6,11-15H2,1-3H3,(H,23,26)(H2,22,24,25);1H. The highest BCUT2D eigenvalue weighted by molar-refractivity contribution is 14.0. The number of rotatable bonds is 8. The van der Waals surface area contributed by atoms with Crippen LogP contribution in [-0.2, 0) is 9.53 Å². The topological polar surface area (TPSA) is 74.8 Å². The van der Waals surface area contributed by atoms with E-state index in [1.165, 1.54) is 11.1 Å². The molecule has 1 saturated heterocycles. The molecule has 0 spiro atoms. The molecule has 6 nitrogen and oxygen atoms in total. The van der Waals surface area contributed by atoms with E-state index in [1.54, 1.807) is 7.05 Å². The number of nitrogens with one attached hydrogen (secondary N) is 3. The number of benzene rings is 1. The quantitative estimate of drug-likeness (QED) is 0.290. The molecule has 28 heavy (non-hydrogen) atoms. The molecule has 1 aromatic carbocycles. The minimum Gasteiger partial charge on any atom is -0.373 e. The van der Waals surface area contributed by atoms with Crippen LogP contribution in [0.25, 0.3) is 0 Å². The van der Waals surface area contributed by atoms with Gasteiger partial charge < -0.3 is 20.7 Å². The number of guanidine groups is 1. The Balaban J connectivity index is 0.00000392.